The van der Waals surface area contributed by atoms with E-state index in [-0.39, 0.29) is 0 Å². The number of benzene rings is 1. The van der Waals surface area contributed by atoms with Crippen molar-refractivity contribution in [3.05, 3.63) is 58.5 Å². The Balaban J connectivity index is 1.75. The van der Waals surface area contributed by atoms with Gasteiger partial charge in [-0.2, -0.15) is 9.40 Å². The van der Waals surface area contributed by atoms with Crippen LogP contribution in [0.5, 0.6) is 0 Å². The molecule has 0 amide bonds. The summed E-state index contributed by atoms with van der Waals surface area (Å²) in [4.78, 5) is 4.80. The van der Waals surface area contributed by atoms with Crippen LogP contribution in [-0.2, 0) is 23.0 Å². The highest BCUT2D eigenvalue weighted by Crippen LogP contribution is 2.27. The Morgan fingerprint density at radius 3 is 2.72 bits per heavy atom. The van der Waals surface area contributed by atoms with Crippen LogP contribution in [0.15, 0.2) is 35.4 Å². The molecule has 0 saturated carbocycles. The third-order valence-electron chi connectivity index (χ3n) is 4.70. The molecule has 0 aliphatic carbocycles. The molecule has 3 heterocycles. The third kappa shape index (κ3) is 2.63. The van der Waals surface area contributed by atoms with E-state index in [0.717, 1.165) is 33.7 Å². The number of nitrogens with zero attached hydrogens (tertiary/aromatic N) is 4. The van der Waals surface area contributed by atoms with Crippen molar-refractivity contribution in [3.8, 4) is 0 Å². The van der Waals surface area contributed by atoms with Crippen LogP contribution >= 0.6 is 0 Å². The Bertz CT molecular complexity index is 1090. The summed E-state index contributed by atoms with van der Waals surface area (Å²) in [6, 6.07) is 7.47. The van der Waals surface area contributed by atoms with Gasteiger partial charge in [-0.15, -0.1) is 0 Å². The van der Waals surface area contributed by atoms with E-state index in [9.17, 15) is 8.42 Å². The van der Waals surface area contributed by atoms with E-state index in [4.69, 9.17) is 0 Å². The minimum atomic E-state index is -3.53. The molecule has 3 aromatic rings. The normalized spacial score (nSPS) is 15.5. The molecule has 0 fully saturated rings. The zero-order chi connectivity index (χ0) is 17.8. The predicted octanol–water partition coefficient (Wildman–Crippen LogP) is 2.40. The Labute approximate surface area is 147 Å². The fraction of sp³-hybridized carbons (Fsp3) is 0.333. The van der Waals surface area contributed by atoms with Crippen molar-refractivity contribution >= 4 is 15.7 Å². The summed E-state index contributed by atoms with van der Waals surface area (Å²) >= 11 is 0. The summed E-state index contributed by atoms with van der Waals surface area (Å²) < 4.78 is 29.6. The zero-order valence-electron chi connectivity index (χ0n) is 14.5. The largest absolute Gasteiger partial charge is 0.243 e. The number of sulfonamides is 1. The lowest BCUT2D eigenvalue weighted by molar-refractivity contribution is 0.384. The first-order valence-electron chi connectivity index (χ1n) is 8.27. The van der Waals surface area contributed by atoms with Gasteiger partial charge in [0.05, 0.1) is 16.3 Å². The summed E-state index contributed by atoms with van der Waals surface area (Å²) in [5.41, 5.74) is 5.39. The number of hydrogen-bond acceptors (Lipinski definition) is 4. The van der Waals surface area contributed by atoms with Crippen LogP contribution < -0.4 is 0 Å². The maximum Gasteiger partial charge on any atom is 0.243 e. The fourth-order valence-corrected chi connectivity index (χ4v) is 5.09. The average Bonchev–Trinajstić information content (AvgIpc) is 2.97. The highest BCUT2D eigenvalue weighted by molar-refractivity contribution is 7.89. The molecule has 0 N–H and O–H groups in total. The fourth-order valence-electron chi connectivity index (χ4n) is 3.36. The summed E-state index contributed by atoms with van der Waals surface area (Å²) in [7, 11) is -3.53. The summed E-state index contributed by atoms with van der Waals surface area (Å²) in [5.74, 6) is 0. The SMILES string of the molecule is Cc1ccc(C)c(S(=O)(=O)N2CCc3c(cnc4cc(C)nn34)C2)c1. The molecule has 6 nitrogen and oxygen atoms in total. The molecule has 1 aromatic carbocycles. The van der Waals surface area contributed by atoms with Crippen molar-refractivity contribution in [2.75, 3.05) is 6.54 Å². The molecular weight excluding hydrogens is 336 g/mol. The Morgan fingerprint density at radius 1 is 1.12 bits per heavy atom. The molecule has 2 aromatic heterocycles. The van der Waals surface area contributed by atoms with Crippen LogP contribution in [0.2, 0.25) is 0 Å². The van der Waals surface area contributed by atoms with Crippen LogP contribution in [-0.4, -0.2) is 33.9 Å². The van der Waals surface area contributed by atoms with Gasteiger partial charge in [0, 0.05) is 37.3 Å². The van der Waals surface area contributed by atoms with Gasteiger partial charge in [-0.05, 0) is 38.0 Å². The highest BCUT2D eigenvalue weighted by Gasteiger charge is 2.30. The van der Waals surface area contributed by atoms with Gasteiger partial charge in [-0.3, -0.25) is 0 Å². The van der Waals surface area contributed by atoms with Crippen molar-refractivity contribution in [2.45, 2.75) is 38.6 Å². The topological polar surface area (TPSA) is 67.6 Å². The Morgan fingerprint density at radius 2 is 1.92 bits per heavy atom. The molecule has 1 aliphatic rings. The molecule has 130 valence electrons. The molecule has 0 bridgehead atoms. The highest BCUT2D eigenvalue weighted by atomic mass is 32.2. The number of fused-ring (bicyclic) bond motifs is 3. The molecule has 0 unspecified atom stereocenters. The Kier molecular flexibility index (Phi) is 3.66. The van der Waals surface area contributed by atoms with Crippen molar-refractivity contribution < 1.29 is 8.42 Å². The molecule has 0 spiro atoms. The van der Waals surface area contributed by atoms with Gasteiger partial charge < -0.3 is 0 Å². The van der Waals surface area contributed by atoms with Gasteiger partial charge in [0.2, 0.25) is 10.0 Å². The van der Waals surface area contributed by atoms with Gasteiger partial charge in [-0.25, -0.2) is 17.9 Å². The number of hydrogen-bond donors (Lipinski definition) is 0. The first-order chi connectivity index (χ1) is 11.9. The van der Waals surface area contributed by atoms with E-state index in [2.05, 4.69) is 10.1 Å². The van der Waals surface area contributed by atoms with E-state index in [0.29, 0.717) is 24.4 Å². The van der Waals surface area contributed by atoms with E-state index in [1.165, 1.54) is 0 Å². The number of aryl methyl sites for hydroxylation is 3. The molecule has 0 atom stereocenters. The standard InChI is InChI=1S/C18H20N4O2S/c1-12-4-5-13(2)17(8-12)25(23,24)21-7-6-16-15(11-21)10-19-18-9-14(3)20-22(16)18/h4-5,8-10H,6-7,11H2,1-3H3. The number of aromatic nitrogens is 3. The van der Waals surface area contributed by atoms with Gasteiger partial charge in [0.25, 0.3) is 0 Å². The zero-order valence-corrected chi connectivity index (χ0v) is 15.3. The van der Waals surface area contributed by atoms with E-state index in [1.54, 1.807) is 16.6 Å². The average molecular weight is 356 g/mol. The second-order valence-electron chi connectivity index (χ2n) is 6.64. The Hall–Kier alpha value is -2.25. The van der Waals surface area contributed by atoms with E-state index in [1.807, 2.05) is 43.5 Å². The summed E-state index contributed by atoms with van der Waals surface area (Å²) in [6.45, 7) is 6.45. The molecule has 0 radical (unpaired) electrons. The van der Waals surface area contributed by atoms with Crippen LogP contribution in [0.3, 0.4) is 0 Å². The molecular formula is C18H20N4O2S. The summed E-state index contributed by atoms with van der Waals surface area (Å²) in [6.07, 6.45) is 2.40. The van der Waals surface area contributed by atoms with Gasteiger partial charge in [0.15, 0.2) is 5.65 Å². The second-order valence-corrected chi connectivity index (χ2v) is 8.55. The van der Waals surface area contributed by atoms with Crippen LogP contribution in [0.25, 0.3) is 5.65 Å². The van der Waals surface area contributed by atoms with E-state index < -0.39 is 10.0 Å². The van der Waals surface area contributed by atoms with Crippen LogP contribution in [0.1, 0.15) is 28.1 Å². The second kappa shape index (κ2) is 5.64. The minimum absolute atomic E-state index is 0.326. The third-order valence-corrected chi connectivity index (χ3v) is 6.69. The predicted molar refractivity (Wildman–Crippen MR) is 94.9 cm³/mol. The summed E-state index contributed by atoms with van der Waals surface area (Å²) in [5, 5.41) is 4.48. The van der Waals surface area contributed by atoms with Crippen LogP contribution in [0.4, 0.5) is 0 Å². The molecule has 25 heavy (non-hydrogen) atoms. The lowest BCUT2D eigenvalue weighted by Gasteiger charge is -2.28. The van der Waals surface area contributed by atoms with Gasteiger partial charge >= 0.3 is 0 Å². The van der Waals surface area contributed by atoms with Crippen molar-refractivity contribution in [1.82, 2.24) is 18.9 Å². The van der Waals surface area contributed by atoms with Crippen molar-refractivity contribution in [1.29, 1.82) is 0 Å². The first-order valence-corrected chi connectivity index (χ1v) is 9.71. The molecule has 0 saturated heterocycles. The van der Waals surface area contributed by atoms with Crippen LogP contribution in [0, 0.1) is 20.8 Å². The lowest BCUT2D eigenvalue weighted by atomic mass is 10.1. The maximum atomic E-state index is 13.1. The smallest absolute Gasteiger partial charge is 0.237 e. The van der Waals surface area contributed by atoms with Gasteiger partial charge in [-0.1, -0.05) is 12.1 Å². The van der Waals surface area contributed by atoms with Gasteiger partial charge in [0.1, 0.15) is 0 Å². The number of rotatable bonds is 2. The molecule has 7 heteroatoms. The molecule has 4 rings (SSSR count). The van der Waals surface area contributed by atoms with Crippen molar-refractivity contribution in [3.63, 3.8) is 0 Å². The monoisotopic (exact) mass is 356 g/mol. The first kappa shape index (κ1) is 16.2. The van der Waals surface area contributed by atoms with E-state index >= 15 is 0 Å². The van der Waals surface area contributed by atoms with Crippen molar-refractivity contribution in [2.24, 2.45) is 0 Å². The lowest BCUT2D eigenvalue weighted by Crippen LogP contribution is -2.37. The quantitative estimate of drug-likeness (QED) is 0.707. The minimum Gasteiger partial charge on any atom is -0.237 e. The molecule has 1 aliphatic heterocycles. The maximum absolute atomic E-state index is 13.1.